The van der Waals surface area contributed by atoms with Crippen LogP contribution in [0.4, 0.5) is 17.6 Å². The molecule has 0 aliphatic rings. The van der Waals surface area contributed by atoms with Gasteiger partial charge < -0.3 is 10.6 Å². The monoisotopic (exact) mass is 310 g/mol. The van der Waals surface area contributed by atoms with Gasteiger partial charge in [-0.3, -0.25) is 4.68 Å². The van der Waals surface area contributed by atoms with E-state index in [-0.39, 0.29) is 0 Å². The summed E-state index contributed by atoms with van der Waals surface area (Å²) in [6, 6.07) is 1.88. The molecule has 0 atom stereocenters. The lowest BCUT2D eigenvalue weighted by molar-refractivity contribution is 0.771. The Morgan fingerprint density at radius 1 is 1.44 bits per heavy atom. The minimum atomic E-state index is 0.610. The number of halogens is 1. The molecule has 0 unspecified atom stereocenters. The Morgan fingerprint density at radius 2 is 2.28 bits per heavy atom. The fraction of sp³-hybridized carbons (Fsp3) is 0.364. The molecule has 0 aromatic carbocycles. The molecule has 2 heterocycles. The highest BCUT2D eigenvalue weighted by Gasteiger charge is 2.06. The largest absolute Gasteiger partial charge is 0.354 e. The predicted octanol–water partition coefficient (Wildman–Crippen LogP) is 2.54. The molecule has 6 nitrogen and oxygen atoms in total. The number of anilines is 3. The predicted molar refractivity (Wildman–Crippen MR) is 75.0 cm³/mol. The first-order chi connectivity index (χ1) is 8.69. The first kappa shape index (κ1) is 12.8. The van der Waals surface area contributed by atoms with Gasteiger partial charge >= 0.3 is 0 Å². The quantitative estimate of drug-likeness (QED) is 0.888. The van der Waals surface area contributed by atoms with Gasteiger partial charge in [0.25, 0.3) is 0 Å². The topological polar surface area (TPSA) is 67.7 Å². The van der Waals surface area contributed by atoms with Gasteiger partial charge in [-0.2, -0.15) is 10.1 Å². The second-order valence-corrected chi connectivity index (χ2v) is 4.67. The van der Waals surface area contributed by atoms with E-state index >= 15 is 0 Å². The van der Waals surface area contributed by atoms with Crippen molar-refractivity contribution in [2.24, 2.45) is 7.05 Å². The van der Waals surface area contributed by atoms with E-state index in [4.69, 9.17) is 0 Å². The van der Waals surface area contributed by atoms with Crippen molar-refractivity contribution in [2.75, 3.05) is 17.2 Å². The molecule has 2 N–H and O–H groups in total. The van der Waals surface area contributed by atoms with Gasteiger partial charge in [-0.1, -0.05) is 6.92 Å². The molecule has 0 amide bonds. The fourth-order valence-corrected chi connectivity index (χ4v) is 1.67. The summed E-state index contributed by atoms with van der Waals surface area (Å²) in [5.74, 6) is 2.05. The lowest BCUT2D eigenvalue weighted by Gasteiger charge is -2.07. The molecular weight excluding hydrogens is 296 g/mol. The zero-order valence-electron chi connectivity index (χ0n) is 10.3. The lowest BCUT2D eigenvalue weighted by atomic mass is 10.5. The van der Waals surface area contributed by atoms with Crippen molar-refractivity contribution < 1.29 is 0 Å². The normalized spacial score (nSPS) is 10.4. The van der Waals surface area contributed by atoms with E-state index in [1.807, 2.05) is 19.3 Å². The average molecular weight is 311 g/mol. The number of rotatable bonds is 5. The van der Waals surface area contributed by atoms with Gasteiger partial charge in [-0.05, 0) is 22.4 Å². The SMILES string of the molecule is CCCNc1ncc(Br)c(Nc2ccn(C)n2)n1. The van der Waals surface area contributed by atoms with Crippen molar-refractivity contribution >= 4 is 33.5 Å². The molecule has 0 fully saturated rings. The highest BCUT2D eigenvalue weighted by molar-refractivity contribution is 9.10. The minimum absolute atomic E-state index is 0.610. The van der Waals surface area contributed by atoms with Crippen LogP contribution >= 0.6 is 15.9 Å². The van der Waals surface area contributed by atoms with E-state index in [0.717, 1.165) is 23.3 Å². The van der Waals surface area contributed by atoms with Gasteiger partial charge in [0.1, 0.15) is 0 Å². The van der Waals surface area contributed by atoms with Gasteiger partial charge in [0.15, 0.2) is 11.6 Å². The third-order valence-electron chi connectivity index (χ3n) is 2.24. The molecule has 18 heavy (non-hydrogen) atoms. The Labute approximate surface area is 114 Å². The molecule has 2 aromatic rings. The number of aromatic nitrogens is 4. The summed E-state index contributed by atoms with van der Waals surface area (Å²) in [6.07, 6.45) is 4.62. The molecule has 7 heteroatoms. The van der Waals surface area contributed by atoms with Crippen molar-refractivity contribution in [3.63, 3.8) is 0 Å². The Kier molecular flexibility index (Phi) is 4.14. The second kappa shape index (κ2) is 5.81. The van der Waals surface area contributed by atoms with E-state index in [1.165, 1.54) is 0 Å². The smallest absolute Gasteiger partial charge is 0.224 e. The Balaban J connectivity index is 2.15. The Hall–Kier alpha value is -1.63. The lowest BCUT2D eigenvalue weighted by Crippen LogP contribution is -2.06. The van der Waals surface area contributed by atoms with E-state index in [1.54, 1.807) is 10.9 Å². The van der Waals surface area contributed by atoms with Crippen LogP contribution in [0, 0.1) is 0 Å². The van der Waals surface area contributed by atoms with E-state index < -0.39 is 0 Å². The number of nitrogens with one attached hydrogen (secondary N) is 2. The summed E-state index contributed by atoms with van der Waals surface area (Å²) in [7, 11) is 1.87. The molecule has 0 saturated carbocycles. The molecule has 0 aliphatic carbocycles. The fourth-order valence-electron chi connectivity index (χ4n) is 1.38. The molecule has 2 aromatic heterocycles. The highest BCUT2D eigenvalue weighted by Crippen LogP contribution is 2.23. The Morgan fingerprint density at radius 3 is 2.94 bits per heavy atom. The van der Waals surface area contributed by atoms with Crippen LogP contribution in [0.15, 0.2) is 22.9 Å². The van der Waals surface area contributed by atoms with E-state index in [2.05, 4.69) is 48.6 Å². The maximum atomic E-state index is 4.38. The van der Waals surface area contributed by atoms with Crippen LogP contribution in [0.1, 0.15) is 13.3 Å². The number of nitrogens with zero attached hydrogens (tertiary/aromatic N) is 4. The number of hydrogen-bond donors (Lipinski definition) is 2. The van der Waals surface area contributed by atoms with Gasteiger partial charge in [0.2, 0.25) is 5.95 Å². The number of hydrogen-bond acceptors (Lipinski definition) is 5. The van der Waals surface area contributed by atoms with Crippen LogP contribution in [0.3, 0.4) is 0 Å². The summed E-state index contributed by atoms with van der Waals surface area (Å²) in [5.41, 5.74) is 0. The van der Waals surface area contributed by atoms with Crippen LogP contribution in [0.25, 0.3) is 0 Å². The Bertz CT molecular complexity index is 524. The van der Waals surface area contributed by atoms with Crippen molar-refractivity contribution in [3.8, 4) is 0 Å². The van der Waals surface area contributed by atoms with E-state index in [0.29, 0.717) is 11.8 Å². The zero-order valence-corrected chi connectivity index (χ0v) is 11.9. The third-order valence-corrected chi connectivity index (χ3v) is 2.82. The van der Waals surface area contributed by atoms with Crippen molar-refractivity contribution in [1.29, 1.82) is 0 Å². The summed E-state index contributed by atoms with van der Waals surface area (Å²) in [4.78, 5) is 8.57. The van der Waals surface area contributed by atoms with Crippen LogP contribution < -0.4 is 10.6 Å². The van der Waals surface area contributed by atoms with Gasteiger partial charge in [0, 0.05) is 32.1 Å². The molecule has 96 valence electrons. The second-order valence-electron chi connectivity index (χ2n) is 3.82. The standard InChI is InChI=1S/C11H15BrN6/c1-3-5-13-11-14-7-8(12)10(16-11)15-9-4-6-18(2)17-9/h4,6-7H,3,5H2,1-2H3,(H2,13,14,15,16,17). The van der Waals surface area contributed by atoms with Crippen molar-refractivity contribution in [3.05, 3.63) is 22.9 Å². The van der Waals surface area contributed by atoms with Gasteiger partial charge in [0.05, 0.1) is 4.47 Å². The van der Waals surface area contributed by atoms with Crippen LogP contribution in [-0.2, 0) is 7.05 Å². The molecule has 0 aliphatic heterocycles. The first-order valence-corrected chi connectivity index (χ1v) is 6.51. The van der Waals surface area contributed by atoms with Crippen LogP contribution in [-0.4, -0.2) is 26.3 Å². The zero-order chi connectivity index (χ0) is 13.0. The van der Waals surface area contributed by atoms with Crippen molar-refractivity contribution in [1.82, 2.24) is 19.7 Å². The van der Waals surface area contributed by atoms with E-state index in [9.17, 15) is 0 Å². The highest BCUT2D eigenvalue weighted by atomic mass is 79.9. The number of aryl methyl sites for hydroxylation is 1. The molecule has 0 bridgehead atoms. The third kappa shape index (κ3) is 3.19. The van der Waals surface area contributed by atoms with Gasteiger partial charge in [-0.25, -0.2) is 4.98 Å². The van der Waals surface area contributed by atoms with Crippen molar-refractivity contribution in [2.45, 2.75) is 13.3 Å². The molecular formula is C11H15BrN6. The maximum absolute atomic E-state index is 4.38. The first-order valence-electron chi connectivity index (χ1n) is 5.72. The summed E-state index contributed by atoms with van der Waals surface area (Å²) < 4.78 is 2.53. The summed E-state index contributed by atoms with van der Waals surface area (Å²) >= 11 is 3.41. The minimum Gasteiger partial charge on any atom is -0.354 e. The molecule has 0 saturated heterocycles. The maximum Gasteiger partial charge on any atom is 0.224 e. The molecule has 0 spiro atoms. The van der Waals surface area contributed by atoms with Crippen LogP contribution in [0.2, 0.25) is 0 Å². The van der Waals surface area contributed by atoms with Gasteiger partial charge in [-0.15, -0.1) is 0 Å². The molecule has 2 rings (SSSR count). The average Bonchev–Trinajstić information content (AvgIpc) is 2.76. The summed E-state index contributed by atoms with van der Waals surface area (Å²) in [6.45, 7) is 2.95. The summed E-state index contributed by atoms with van der Waals surface area (Å²) in [5, 5.41) is 10.5. The molecule has 0 radical (unpaired) electrons. The van der Waals surface area contributed by atoms with Crippen LogP contribution in [0.5, 0.6) is 0 Å².